The molecule has 120 valence electrons. The van der Waals surface area contributed by atoms with Crippen molar-refractivity contribution in [1.29, 1.82) is 0 Å². The molecule has 0 unspecified atom stereocenters. The Morgan fingerprint density at radius 2 is 1.95 bits per heavy atom. The van der Waals surface area contributed by atoms with E-state index >= 15 is 0 Å². The number of rotatable bonds is 5. The molecule has 22 heavy (non-hydrogen) atoms. The molecule has 0 aliphatic rings. The van der Waals surface area contributed by atoms with Crippen molar-refractivity contribution in [3.63, 3.8) is 0 Å². The molecule has 0 radical (unpaired) electrons. The van der Waals surface area contributed by atoms with E-state index in [2.05, 4.69) is 9.46 Å². The second-order valence-corrected chi connectivity index (χ2v) is 7.72. The van der Waals surface area contributed by atoms with Crippen LogP contribution < -0.4 is 9.46 Å². The van der Waals surface area contributed by atoms with Crippen molar-refractivity contribution >= 4 is 38.6 Å². The highest BCUT2D eigenvalue weighted by atomic mass is 35.5. The van der Waals surface area contributed by atoms with E-state index in [0.717, 1.165) is 11.3 Å². The quantitative estimate of drug-likeness (QED) is 0.859. The van der Waals surface area contributed by atoms with Crippen molar-refractivity contribution in [3.8, 4) is 5.75 Å². The van der Waals surface area contributed by atoms with Gasteiger partial charge >= 0.3 is 6.18 Å². The molecular weight excluding hydrogens is 363 g/mol. The minimum absolute atomic E-state index is 0.000821. The van der Waals surface area contributed by atoms with Gasteiger partial charge in [0.15, 0.2) is 6.61 Å². The maximum Gasteiger partial charge on any atom is 0.422 e. The van der Waals surface area contributed by atoms with Crippen LogP contribution in [-0.4, -0.2) is 21.2 Å². The normalized spacial score (nSPS) is 12.2. The topological polar surface area (TPSA) is 55.4 Å². The summed E-state index contributed by atoms with van der Waals surface area (Å²) in [5, 5.41) is 0. The molecule has 0 spiro atoms. The number of nitrogens with one attached hydrogen (secondary N) is 1. The number of benzene rings is 1. The van der Waals surface area contributed by atoms with Crippen LogP contribution in [0.25, 0.3) is 0 Å². The van der Waals surface area contributed by atoms with Crippen molar-refractivity contribution in [3.05, 3.63) is 40.7 Å². The number of ether oxygens (including phenoxy) is 1. The Bertz CT molecular complexity index is 759. The van der Waals surface area contributed by atoms with Crippen LogP contribution in [0.5, 0.6) is 5.75 Å². The molecule has 0 amide bonds. The minimum atomic E-state index is -4.47. The molecule has 1 N–H and O–H groups in total. The van der Waals surface area contributed by atoms with Gasteiger partial charge in [0.05, 0.1) is 10.0 Å². The molecule has 0 aliphatic heterocycles. The van der Waals surface area contributed by atoms with E-state index in [-0.39, 0.29) is 15.6 Å². The van der Waals surface area contributed by atoms with E-state index in [4.69, 9.17) is 11.6 Å². The standard InChI is InChI=1S/C12H9ClF3NO3S2/c13-10-4-5-11(21-10)22(18,19)17-8-2-1-3-9(6-8)20-7-12(14,15)16/h1-6,17H,7H2. The molecule has 0 atom stereocenters. The predicted octanol–water partition coefficient (Wildman–Crippen LogP) is 4.14. The van der Waals surface area contributed by atoms with Gasteiger partial charge in [-0.2, -0.15) is 13.2 Å². The van der Waals surface area contributed by atoms with Gasteiger partial charge in [0.25, 0.3) is 10.0 Å². The number of anilines is 1. The lowest BCUT2D eigenvalue weighted by Crippen LogP contribution is -2.19. The molecular formula is C12H9ClF3NO3S2. The summed E-state index contributed by atoms with van der Waals surface area (Å²) in [7, 11) is -3.85. The van der Waals surface area contributed by atoms with Crippen LogP contribution in [0.1, 0.15) is 0 Å². The van der Waals surface area contributed by atoms with Crippen molar-refractivity contribution in [1.82, 2.24) is 0 Å². The highest BCUT2D eigenvalue weighted by Gasteiger charge is 2.28. The van der Waals surface area contributed by atoms with Gasteiger partial charge in [-0.05, 0) is 24.3 Å². The molecule has 0 aliphatic carbocycles. The summed E-state index contributed by atoms with van der Waals surface area (Å²) in [6, 6.07) is 8.01. The summed E-state index contributed by atoms with van der Waals surface area (Å²) >= 11 is 6.55. The van der Waals surface area contributed by atoms with Gasteiger partial charge in [0, 0.05) is 6.07 Å². The molecule has 2 rings (SSSR count). The van der Waals surface area contributed by atoms with Gasteiger partial charge < -0.3 is 4.74 Å². The van der Waals surface area contributed by atoms with E-state index in [1.807, 2.05) is 0 Å². The van der Waals surface area contributed by atoms with E-state index in [1.54, 1.807) is 0 Å². The van der Waals surface area contributed by atoms with Crippen LogP contribution in [0.2, 0.25) is 4.34 Å². The van der Waals surface area contributed by atoms with Gasteiger partial charge in [-0.3, -0.25) is 4.72 Å². The summed E-state index contributed by atoms with van der Waals surface area (Å²) in [4.78, 5) is 0. The number of alkyl halides is 3. The molecule has 0 fully saturated rings. The number of halogens is 4. The van der Waals surface area contributed by atoms with E-state index in [9.17, 15) is 21.6 Å². The summed E-state index contributed by atoms with van der Waals surface area (Å²) in [5.74, 6) is -0.0956. The zero-order chi connectivity index (χ0) is 16.4. The number of hydrogen-bond acceptors (Lipinski definition) is 4. The Balaban J connectivity index is 2.13. The molecule has 10 heteroatoms. The van der Waals surface area contributed by atoms with Crippen molar-refractivity contribution in [2.24, 2.45) is 0 Å². The molecule has 1 aromatic carbocycles. The Morgan fingerprint density at radius 1 is 1.23 bits per heavy atom. The van der Waals surface area contributed by atoms with E-state index in [0.29, 0.717) is 4.34 Å². The lowest BCUT2D eigenvalue weighted by Gasteiger charge is -2.11. The average Bonchev–Trinajstić information content (AvgIpc) is 2.83. The second kappa shape index (κ2) is 6.35. The van der Waals surface area contributed by atoms with Gasteiger partial charge in [0.1, 0.15) is 9.96 Å². The lowest BCUT2D eigenvalue weighted by molar-refractivity contribution is -0.153. The second-order valence-electron chi connectivity index (χ2n) is 4.10. The molecule has 1 heterocycles. The van der Waals surface area contributed by atoms with Crippen LogP contribution in [0.15, 0.2) is 40.6 Å². The Kier molecular flexibility index (Phi) is 4.88. The van der Waals surface area contributed by atoms with Crippen LogP contribution in [0.3, 0.4) is 0 Å². The van der Waals surface area contributed by atoms with E-state index < -0.39 is 22.8 Å². The number of hydrogen-bond donors (Lipinski definition) is 1. The lowest BCUT2D eigenvalue weighted by atomic mass is 10.3. The molecule has 4 nitrogen and oxygen atoms in total. The predicted molar refractivity (Wildman–Crippen MR) is 78.1 cm³/mol. The summed E-state index contributed by atoms with van der Waals surface area (Å²) < 4.78 is 67.5. The maximum atomic E-state index is 12.1. The third kappa shape index (κ3) is 4.79. The summed E-state index contributed by atoms with van der Waals surface area (Å²) in [5.41, 5.74) is 0.0872. The molecule has 0 saturated carbocycles. The first-order valence-corrected chi connectivity index (χ1v) is 8.41. The third-order valence-corrected chi connectivity index (χ3v) is 5.41. The monoisotopic (exact) mass is 371 g/mol. The van der Waals surface area contributed by atoms with Crippen molar-refractivity contribution in [2.45, 2.75) is 10.4 Å². The molecule has 2 aromatic rings. The van der Waals surface area contributed by atoms with Crippen molar-refractivity contribution in [2.75, 3.05) is 11.3 Å². The van der Waals surface area contributed by atoms with Gasteiger partial charge in [-0.15, -0.1) is 11.3 Å². The van der Waals surface area contributed by atoms with Crippen molar-refractivity contribution < 1.29 is 26.3 Å². The fourth-order valence-corrected chi connectivity index (χ4v) is 3.99. The highest BCUT2D eigenvalue weighted by molar-refractivity contribution is 7.94. The Labute approximate surface area is 133 Å². The fraction of sp³-hybridized carbons (Fsp3) is 0.167. The smallest absolute Gasteiger partial charge is 0.422 e. The first-order chi connectivity index (χ1) is 10.2. The van der Waals surface area contributed by atoms with Gasteiger partial charge in [-0.1, -0.05) is 17.7 Å². The Hall–Kier alpha value is -1.45. The fourth-order valence-electron chi connectivity index (χ4n) is 1.46. The molecule has 0 saturated heterocycles. The molecule has 0 bridgehead atoms. The van der Waals surface area contributed by atoms with Crippen LogP contribution in [0.4, 0.5) is 18.9 Å². The van der Waals surface area contributed by atoms with E-state index in [1.165, 1.54) is 36.4 Å². The first-order valence-electron chi connectivity index (χ1n) is 5.73. The summed E-state index contributed by atoms with van der Waals surface area (Å²) in [6.07, 6.45) is -4.47. The zero-order valence-electron chi connectivity index (χ0n) is 10.7. The average molecular weight is 372 g/mol. The van der Waals surface area contributed by atoms with Crippen LogP contribution in [-0.2, 0) is 10.0 Å². The van der Waals surface area contributed by atoms with Crippen LogP contribution >= 0.6 is 22.9 Å². The van der Waals surface area contributed by atoms with Gasteiger partial charge in [-0.25, -0.2) is 8.42 Å². The minimum Gasteiger partial charge on any atom is -0.484 e. The zero-order valence-corrected chi connectivity index (χ0v) is 13.1. The first kappa shape index (κ1) is 16.9. The third-order valence-electron chi connectivity index (χ3n) is 2.30. The SMILES string of the molecule is O=S(=O)(Nc1cccc(OCC(F)(F)F)c1)c1ccc(Cl)s1. The number of sulfonamides is 1. The highest BCUT2D eigenvalue weighted by Crippen LogP contribution is 2.28. The number of thiophene rings is 1. The largest absolute Gasteiger partial charge is 0.484 e. The Morgan fingerprint density at radius 3 is 2.55 bits per heavy atom. The summed E-state index contributed by atoms with van der Waals surface area (Å²) in [6.45, 7) is -1.45. The maximum absolute atomic E-state index is 12.1. The molecule has 1 aromatic heterocycles. The van der Waals surface area contributed by atoms with Crippen LogP contribution in [0, 0.1) is 0 Å². The van der Waals surface area contributed by atoms with Gasteiger partial charge in [0.2, 0.25) is 0 Å².